The number of carbonyl (C=O) groups excluding carboxylic acids is 1. The third-order valence-corrected chi connectivity index (χ3v) is 4.60. The number of aromatic nitrogens is 2. The minimum Gasteiger partial charge on any atom is -0.325 e. The first-order chi connectivity index (χ1) is 10.6. The first-order valence-electron chi connectivity index (χ1n) is 7.28. The zero-order chi connectivity index (χ0) is 15.5. The average Bonchev–Trinajstić information content (AvgIpc) is 2.97. The molecule has 0 unspecified atom stereocenters. The molecule has 0 radical (unpaired) electrons. The highest BCUT2D eigenvalue weighted by atomic mass is 32.2. The predicted octanol–water partition coefficient (Wildman–Crippen LogP) is 2.38. The van der Waals surface area contributed by atoms with Crippen LogP contribution in [0.1, 0.15) is 24.6 Å². The summed E-state index contributed by atoms with van der Waals surface area (Å²) in [6.07, 6.45) is 2.62. The van der Waals surface area contributed by atoms with Crippen LogP contribution in [0, 0.1) is 0 Å². The van der Waals surface area contributed by atoms with Crippen LogP contribution in [0.3, 0.4) is 0 Å². The van der Waals surface area contributed by atoms with E-state index in [1.54, 1.807) is 6.92 Å². The number of aryl methyl sites for hydroxylation is 1. The Balaban J connectivity index is 1.69. The normalized spacial score (nSPS) is 14.4. The number of fused-ring (bicyclic) bond motifs is 1. The number of anilines is 1. The van der Waals surface area contributed by atoms with Gasteiger partial charge in [0.15, 0.2) is 5.16 Å². The van der Waals surface area contributed by atoms with E-state index in [4.69, 9.17) is 0 Å². The highest BCUT2D eigenvalue weighted by molar-refractivity contribution is 8.00. The fraction of sp³-hybridized carbons (Fsp3) is 0.312. The van der Waals surface area contributed by atoms with Gasteiger partial charge >= 0.3 is 0 Å². The topological polar surface area (TPSA) is 74.8 Å². The number of nitrogens with one attached hydrogen (secondary N) is 2. The van der Waals surface area contributed by atoms with Crippen molar-refractivity contribution in [2.45, 2.75) is 36.6 Å². The van der Waals surface area contributed by atoms with Crippen molar-refractivity contribution in [1.82, 2.24) is 9.97 Å². The minimum absolute atomic E-state index is 0.0688. The maximum absolute atomic E-state index is 12.2. The van der Waals surface area contributed by atoms with Crippen molar-refractivity contribution in [2.75, 3.05) is 5.32 Å². The molecule has 2 N–H and O–H groups in total. The third-order valence-electron chi connectivity index (χ3n) is 3.62. The van der Waals surface area contributed by atoms with Crippen molar-refractivity contribution >= 4 is 23.4 Å². The monoisotopic (exact) mass is 315 g/mol. The highest BCUT2D eigenvalue weighted by Crippen LogP contribution is 2.23. The van der Waals surface area contributed by atoms with Gasteiger partial charge in [0.1, 0.15) is 0 Å². The van der Waals surface area contributed by atoms with Gasteiger partial charge in [0, 0.05) is 11.3 Å². The summed E-state index contributed by atoms with van der Waals surface area (Å²) >= 11 is 1.27. The summed E-state index contributed by atoms with van der Waals surface area (Å²) < 4.78 is 0. The molecule has 1 aliphatic carbocycles. The van der Waals surface area contributed by atoms with E-state index in [1.165, 1.54) is 11.8 Å². The van der Waals surface area contributed by atoms with E-state index in [0.717, 1.165) is 36.2 Å². The van der Waals surface area contributed by atoms with Crippen LogP contribution in [0.25, 0.3) is 0 Å². The average molecular weight is 315 g/mol. The van der Waals surface area contributed by atoms with E-state index in [0.29, 0.717) is 5.16 Å². The molecule has 1 aromatic carbocycles. The van der Waals surface area contributed by atoms with Gasteiger partial charge in [-0.05, 0) is 38.3 Å². The van der Waals surface area contributed by atoms with Crippen molar-refractivity contribution in [2.24, 2.45) is 0 Å². The lowest BCUT2D eigenvalue weighted by Crippen LogP contribution is -2.23. The number of para-hydroxylation sites is 1. The second-order valence-corrected chi connectivity index (χ2v) is 6.59. The van der Waals surface area contributed by atoms with Crippen molar-refractivity contribution in [1.29, 1.82) is 0 Å². The maximum Gasteiger partial charge on any atom is 0.254 e. The number of nitrogens with zero attached hydrogens (tertiary/aromatic N) is 1. The molecule has 1 atom stereocenters. The van der Waals surface area contributed by atoms with Crippen LogP contribution >= 0.6 is 11.8 Å². The first kappa shape index (κ1) is 14.8. The summed E-state index contributed by atoms with van der Waals surface area (Å²) in [7, 11) is 0. The Labute approximate surface area is 132 Å². The zero-order valence-corrected chi connectivity index (χ0v) is 13.1. The molecule has 2 aromatic rings. The fourth-order valence-electron chi connectivity index (χ4n) is 2.46. The van der Waals surface area contributed by atoms with Gasteiger partial charge in [0.2, 0.25) is 5.91 Å². The summed E-state index contributed by atoms with van der Waals surface area (Å²) in [4.78, 5) is 31.4. The molecular formula is C16H17N3O2S. The van der Waals surface area contributed by atoms with Crippen LogP contribution in [0.5, 0.6) is 0 Å². The fourth-order valence-corrected chi connectivity index (χ4v) is 3.28. The number of benzene rings is 1. The van der Waals surface area contributed by atoms with Crippen LogP contribution in [0.4, 0.5) is 5.69 Å². The van der Waals surface area contributed by atoms with Gasteiger partial charge in [0.05, 0.1) is 10.9 Å². The summed E-state index contributed by atoms with van der Waals surface area (Å²) in [6, 6.07) is 9.31. The molecule has 0 aliphatic heterocycles. The van der Waals surface area contributed by atoms with E-state index >= 15 is 0 Å². The second-order valence-electron chi connectivity index (χ2n) is 5.27. The smallest absolute Gasteiger partial charge is 0.254 e. The number of amides is 1. The quantitative estimate of drug-likeness (QED) is 0.671. The molecule has 3 rings (SSSR count). The number of hydrogen-bond donors (Lipinski definition) is 2. The Kier molecular flexibility index (Phi) is 4.29. The summed E-state index contributed by atoms with van der Waals surface area (Å²) in [6.45, 7) is 1.80. The molecule has 0 fully saturated rings. The molecule has 0 saturated heterocycles. The molecule has 6 heteroatoms. The molecule has 1 heterocycles. The summed E-state index contributed by atoms with van der Waals surface area (Å²) in [5, 5.41) is 3.02. The number of H-pyrrole nitrogens is 1. The van der Waals surface area contributed by atoms with Gasteiger partial charge in [-0.3, -0.25) is 9.59 Å². The molecule has 0 saturated carbocycles. The molecule has 1 aliphatic rings. The molecule has 1 amide bonds. The largest absolute Gasteiger partial charge is 0.325 e. The summed E-state index contributed by atoms with van der Waals surface area (Å²) in [5.74, 6) is -0.112. The number of carbonyl (C=O) groups is 1. The van der Waals surface area contributed by atoms with Crippen LogP contribution in [-0.4, -0.2) is 21.1 Å². The Hall–Kier alpha value is -2.08. The van der Waals surface area contributed by atoms with Gasteiger partial charge in [-0.2, -0.15) is 0 Å². The Bertz CT molecular complexity index is 743. The van der Waals surface area contributed by atoms with Crippen LogP contribution in [0.15, 0.2) is 40.3 Å². The Morgan fingerprint density at radius 1 is 1.32 bits per heavy atom. The van der Waals surface area contributed by atoms with E-state index in [2.05, 4.69) is 15.3 Å². The second kappa shape index (κ2) is 6.36. The van der Waals surface area contributed by atoms with Gasteiger partial charge in [-0.15, -0.1) is 0 Å². The first-order valence-corrected chi connectivity index (χ1v) is 8.16. The van der Waals surface area contributed by atoms with Crippen molar-refractivity contribution in [3.8, 4) is 0 Å². The third kappa shape index (κ3) is 3.22. The standard InChI is InChI=1S/C16H17N3O2S/c1-10(14(20)17-11-6-3-2-4-7-11)22-16-18-13-9-5-8-12(13)15(21)19-16/h2-4,6-7,10H,5,8-9H2,1H3,(H,17,20)(H,18,19,21)/t10-/m0/s1. The number of rotatable bonds is 4. The molecular weight excluding hydrogens is 298 g/mol. The van der Waals surface area contributed by atoms with Crippen molar-refractivity contribution in [3.05, 3.63) is 51.9 Å². The predicted molar refractivity (Wildman–Crippen MR) is 87.3 cm³/mol. The maximum atomic E-state index is 12.2. The van der Waals surface area contributed by atoms with E-state index in [1.807, 2.05) is 30.3 Å². The van der Waals surface area contributed by atoms with Crippen molar-refractivity contribution < 1.29 is 4.79 Å². The summed E-state index contributed by atoms with van der Waals surface area (Å²) in [5.41, 5.74) is 2.36. The number of aromatic amines is 1. The Morgan fingerprint density at radius 2 is 2.09 bits per heavy atom. The van der Waals surface area contributed by atoms with Crippen molar-refractivity contribution in [3.63, 3.8) is 0 Å². The molecule has 1 aromatic heterocycles. The van der Waals surface area contributed by atoms with Crippen LogP contribution in [0.2, 0.25) is 0 Å². The number of hydrogen-bond acceptors (Lipinski definition) is 4. The van der Waals surface area contributed by atoms with Crippen LogP contribution in [-0.2, 0) is 17.6 Å². The van der Waals surface area contributed by atoms with Gasteiger partial charge in [-0.25, -0.2) is 4.98 Å². The van der Waals surface area contributed by atoms with Gasteiger partial charge < -0.3 is 10.3 Å². The number of thioether (sulfide) groups is 1. The molecule has 0 bridgehead atoms. The van der Waals surface area contributed by atoms with Crippen LogP contribution < -0.4 is 10.9 Å². The SMILES string of the molecule is C[C@H](Sc1nc2c(c(=O)[nH]1)CCC2)C(=O)Nc1ccccc1. The molecule has 114 valence electrons. The minimum atomic E-state index is -0.345. The van der Waals surface area contributed by atoms with E-state index in [9.17, 15) is 9.59 Å². The molecule has 0 spiro atoms. The van der Waals surface area contributed by atoms with Gasteiger partial charge in [0.25, 0.3) is 5.56 Å². The van der Waals surface area contributed by atoms with Gasteiger partial charge in [-0.1, -0.05) is 30.0 Å². The zero-order valence-electron chi connectivity index (χ0n) is 12.3. The highest BCUT2D eigenvalue weighted by Gasteiger charge is 2.20. The molecule has 5 nitrogen and oxygen atoms in total. The Morgan fingerprint density at radius 3 is 2.86 bits per heavy atom. The molecule has 22 heavy (non-hydrogen) atoms. The lowest BCUT2D eigenvalue weighted by atomic mass is 10.3. The van der Waals surface area contributed by atoms with E-state index < -0.39 is 0 Å². The lowest BCUT2D eigenvalue weighted by molar-refractivity contribution is -0.115. The lowest BCUT2D eigenvalue weighted by Gasteiger charge is -2.11. The van der Waals surface area contributed by atoms with E-state index in [-0.39, 0.29) is 16.7 Å².